The molecule has 0 N–H and O–H groups in total. The van der Waals surface area contributed by atoms with Crippen LogP contribution in [0.25, 0.3) is 10.9 Å². The largest absolute Gasteiger partial charge is 0.294 e. The summed E-state index contributed by atoms with van der Waals surface area (Å²) in [6.07, 6.45) is 4.32. The number of hydrogen-bond donors (Lipinski definition) is 0. The summed E-state index contributed by atoms with van der Waals surface area (Å²) < 4.78 is 13.5. The third-order valence-electron chi connectivity index (χ3n) is 5.89. The van der Waals surface area contributed by atoms with Gasteiger partial charge in [0.25, 0.3) is 0 Å². The second kappa shape index (κ2) is 4.89. The molecule has 6 rings (SSSR count). The maximum absolute atomic E-state index is 13.5. The molecule has 4 heteroatoms. The van der Waals surface area contributed by atoms with E-state index in [1.807, 2.05) is 18.2 Å². The quantitative estimate of drug-likeness (QED) is 0.597. The summed E-state index contributed by atoms with van der Waals surface area (Å²) in [4.78, 5) is 17.2. The molecule has 3 fully saturated rings. The Bertz CT molecular complexity index is 1010. The minimum absolute atomic E-state index is 0.0428. The van der Waals surface area contributed by atoms with Gasteiger partial charge in [0.1, 0.15) is 5.82 Å². The standard InChI is InChI=1S/C21H15ClFNO/c22-14-3-1-13(2-4-14)19(25)21-10-20(11-21,12-21)17-7-8-24-18-9-15(23)5-6-16(17)18/h1-9H,10-12H2. The highest BCUT2D eigenvalue weighted by Crippen LogP contribution is 2.75. The number of halogens is 2. The number of rotatable bonds is 3. The summed E-state index contributed by atoms with van der Waals surface area (Å²) in [5.41, 5.74) is 2.42. The van der Waals surface area contributed by atoms with Gasteiger partial charge in [-0.2, -0.15) is 0 Å². The molecule has 3 aromatic rings. The Labute approximate surface area is 149 Å². The molecule has 0 radical (unpaired) electrons. The van der Waals surface area contributed by atoms with Crippen LogP contribution in [0.2, 0.25) is 5.02 Å². The Balaban J connectivity index is 1.45. The monoisotopic (exact) mass is 351 g/mol. The van der Waals surface area contributed by atoms with Crippen LogP contribution < -0.4 is 0 Å². The Morgan fingerprint density at radius 2 is 1.76 bits per heavy atom. The molecule has 2 nitrogen and oxygen atoms in total. The van der Waals surface area contributed by atoms with E-state index in [2.05, 4.69) is 4.98 Å². The molecule has 2 bridgehead atoms. The van der Waals surface area contributed by atoms with Crippen molar-refractivity contribution < 1.29 is 9.18 Å². The molecule has 0 unspecified atom stereocenters. The lowest BCUT2D eigenvalue weighted by molar-refractivity contribution is -0.104. The van der Waals surface area contributed by atoms with Crippen molar-refractivity contribution in [3.8, 4) is 0 Å². The van der Waals surface area contributed by atoms with Crippen molar-refractivity contribution in [1.29, 1.82) is 0 Å². The van der Waals surface area contributed by atoms with Gasteiger partial charge in [0.15, 0.2) is 5.78 Å². The predicted octanol–water partition coefficient (Wildman–Crippen LogP) is 5.33. The summed E-state index contributed by atoms with van der Waals surface area (Å²) in [5.74, 6) is -0.0559. The van der Waals surface area contributed by atoms with Crippen molar-refractivity contribution in [3.63, 3.8) is 0 Å². The van der Waals surface area contributed by atoms with Crippen molar-refractivity contribution in [3.05, 3.63) is 76.7 Å². The minimum atomic E-state index is -0.274. The van der Waals surface area contributed by atoms with Gasteiger partial charge in [0.2, 0.25) is 0 Å². The fourth-order valence-corrected chi connectivity index (χ4v) is 4.93. The van der Waals surface area contributed by atoms with Crippen LogP contribution in [0.4, 0.5) is 4.39 Å². The van der Waals surface area contributed by atoms with Crippen molar-refractivity contribution >= 4 is 28.3 Å². The summed E-state index contributed by atoms with van der Waals surface area (Å²) >= 11 is 5.91. The van der Waals surface area contributed by atoms with Crippen molar-refractivity contribution in [2.75, 3.05) is 0 Å². The third kappa shape index (κ3) is 2.02. The molecule has 0 spiro atoms. The molecule has 3 saturated carbocycles. The van der Waals surface area contributed by atoms with Crippen LogP contribution in [-0.4, -0.2) is 10.8 Å². The SMILES string of the molecule is O=C(c1ccc(Cl)cc1)C12CC(c3ccnc4cc(F)ccc34)(C1)C2. The van der Waals surface area contributed by atoms with Crippen molar-refractivity contribution in [2.45, 2.75) is 24.7 Å². The van der Waals surface area contributed by atoms with E-state index in [1.165, 1.54) is 17.7 Å². The number of ketones is 1. The molecule has 25 heavy (non-hydrogen) atoms. The second-order valence-electron chi connectivity index (χ2n) is 7.45. The third-order valence-corrected chi connectivity index (χ3v) is 6.15. The molecule has 0 atom stereocenters. The molecule has 1 heterocycles. The topological polar surface area (TPSA) is 30.0 Å². The van der Waals surface area contributed by atoms with E-state index in [0.29, 0.717) is 10.5 Å². The van der Waals surface area contributed by atoms with Gasteiger partial charge in [-0.05, 0) is 72.7 Å². The fraction of sp³-hybridized carbons (Fsp3) is 0.238. The van der Waals surface area contributed by atoms with Crippen LogP contribution in [0.5, 0.6) is 0 Å². The first kappa shape index (κ1) is 15.0. The molecule has 124 valence electrons. The van der Waals surface area contributed by atoms with E-state index in [1.54, 1.807) is 24.4 Å². The summed E-state index contributed by atoms with van der Waals surface area (Å²) in [7, 11) is 0. The molecule has 1 aromatic heterocycles. The lowest BCUT2D eigenvalue weighted by atomic mass is 9.32. The van der Waals surface area contributed by atoms with Crippen molar-refractivity contribution in [2.24, 2.45) is 5.41 Å². The number of fused-ring (bicyclic) bond motifs is 1. The zero-order chi connectivity index (χ0) is 17.2. The average Bonchev–Trinajstić information content (AvgIpc) is 2.53. The van der Waals surface area contributed by atoms with Crippen LogP contribution in [0, 0.1) is 11.2 Å². The van der Waals surface area contributed by atoms with Crippen LogP contribution in [0.15, 0.2) is 54.7 Å². The zero-order valence-electron chi connectivity index (χ0n) is 13.4. The number of nitrogens with zero attached hydrogens (tertiary/aromatic N) is 1. The predicted molar refractivity (Wildman–Crippen MR) is 95.4 cm³/mol. The first-order valence-electron chi connectivity index (χ1n) is 8.37. The van der Waals surface area contributed by atoms with Crippen molar-refractivity contribution in [1.82, 2.24) is 4.98 Å². The van der Waals surface area contributed by atoms with E-state index in [9.17, 15) is 9.18 Å². The molecular formula is C21H15ClFNO. The number of carbonyl (C=O) groups excluding carboxylic acids is 1. The van der Waals surface area contributed by atoms with Crippen LogP contribution in [-0.2, 0) is 5.41 Å². The first-order chi connectivity index (χ1) is 12.0. The van der Waals surface area contributed by atoms with E-state index in [-0.39, 0.29) is 22.4 Å². The second-order valence-corrected chi connectivity index (χ2v) is 7.88. The number of aromatic nitrogens is 1. The number of Topliss-reactive ketones (excluding diaryl/α,β-unsaturated/α-hetero) is 1. The van der Waals surface area contributed by atoms with Crippen LogP contribution >= 0.6 is 11.6 Å². The van der Waals surface area contributed by atoms with Gasteiger partial charge in [-0.3, -0.25) is 9.78 Å². The lowest BCUT2D eigenvalue weighted by Gasteiger charge is -2.70. The Morgan fingerprint density at radius 1 is 1.04 bits per heavy atom. The maximum Gasteiger partial charge on any atom is 0.169 e. The van der Waals surface area contributed by atoms with Gasteiger partial charge in [-0.25, -0.2) is 4.39 Å². The zero-order valence-corrected chi connectivity index (χ0v) is 14.2. The Morgan fingerprint density at radius 3 is 2.48 bits per heavy atom. The fourth-order valence-electron chi connectivity index (χ4n) is 4.81. The average molecular weight is 352 g/mol. The minimum Gasteiger partial charge on any atom is -0.294 e. The first-order valence-corrected chi connectivity index (χ1v) is 8.74. The van der Waals surface area contributed by atoms with Gasteiger partial charge < -0.3 is 0 Å². The van der Waals surface area contributed by atoms with Crippen LogP contribution in [0.1, 0.15) is 35.2 Å². The molecular weight excluding hydrogens is 337 g/mol. The highest BCUT2D eigenvalue weighted by molar-refractivity contribution is 6.30. The summed E-state index contributed by atoms with van der Waals surface area (Å²) in [6, 6.07) is 13.9. The Hall–Kier alpha value is -2.26. The normalized spacial score (nSPS) is 26.8. The molecule has 3 aliphatic carbocycles. The number of hydrogen-bond acceptors (Lipinski definition) is 2. The number of benzene rings is 2. The van der Waals surface area contributed by atoms with E-state index in [0.717, 1.165) is 30.2 Å². The van der Waals surface area contributed by atoms with E-state index in [4.69, 9.17) is 11.6 Å². The molecule has 0 aliphatic heterocycles. The van der Waals surface area contributed by atoms with Gasteiger partial charge in [0.05, 0.1) is 5.52 Å². The molecule has 3 aliphatic rings. The summed E-state index contributed by atoms with van der Waals surface area (Å²) in [6.45, 7) is 0. The number of carbonyl (C=O) groups is 1. The van der Waals surface area contributed by atoms with E-state index < -0.39 is 0 Å². The molecule has 2 aromatic carbocycles. The van der Waals surface area contributed by atoms with E-state index >= 15 is 0 Å². The maximum atomic E-state index is 13.5. The lowest BCUT2D eigenvalue weighted by Crippen LogP contribution is -2.67. The number of pyridine rings is 1. The molecule has 0 amide bonds. The highest BCUT2D eigenvalue weighted by Gasteiger charge is 2.71. The molecule has 0 saturated heterocycles. The van der Waals surface area contributed by atoms with Gasteiger partial charge in [-0.1, -0.05) is 11.6 Å². The van der Waals surface area contributed by atoms with Gasteiger partial charge in [0, 0.05) is 33.7 Å². The smallest absolute Gasteiger partial charge is 0.169 e. The highest BCUT2D eigenvalue weighted by atomic mass is 35.5. The van der Waals surface area contributed by atoms with Gasteiger partial charge in [-0.15, -0.1) is 0 Å². The van der Waals surface area contributed by atoms with Gasteiger partial charge >= 0.3 is 0 Å². The summed E-state index contributed by atoms with van der Waals surface area (Å²) in [5, 5.41) is 1.64. The van der Waals surface area contributed by atoms with Crippen LogP contribution in [0.3, 0.4) is 0 Å². The Kier molecular flexibility index (Phi) is 2.94.